The fraction of sp³-hybridized carbons (Fsp3) is 0.0833. The number of H-pyrrole nitrogens is 1. The lowest BCUT2D eigenvalue weighted by molar-refractivity contribution is 1.41. The van der Waals surface area contributed by atoms with Crippen molar-refractivity contribution < 1.29 is 0 Å². The van der Waals surface area contributed by atoms with Gasteiger partial charge < -0.3 is 10.7 Å². The van der Waals surface area contributed by atoms with Crippen molar-refractivity contribution in [2.24, 2.45) is 0 Å². The summed E-state index contributed by atoms with van der Waals surface area (Å²) in [5.74, 6) is 0. The molecule has 0 aliphatic carbocycles. The number of nitrogens with two attached hydrogens (primary N) is 1. The number of aromatic nitrogens is 2. The maximum absolute atomic E-state index is 5.66. The zero-order valence-electron chi connectivity index (χ0n) is 8.82. The van der Waals surface area contributed by atoms with Crippen LogP contribution in [0.4, 0.5) is 5.13 Å². The van der Waals surface area contributed by atoms with Gasteiger partial charge in [-0.15, -0.1) is 11.3 Å². The Labute approximate surface area is 96.9 Å². The van der Waals surface area contributed by atoms with Gasteiger partial charge in [0, 0.05) is 28.0 Å². The zero-order valence-corrected chi connectivity index (χ0v) is 9.64. The van der Waals surface area contributed by atoms with Crippen molar-refractivity contribution in [3.63, 3.8) is 0 Å². The molecular weight excluding hydrogens is 218 g/mol. The molecule has 0 saturated heterocycles. The van der Waals surface area contributed by atoms with Gasteiger partial charge in [0.2, 0.25) is 0 Å². The highest BCUT2D eigenvalue weighted by Gasteiger charge is 2.08. The van der Waals surface area contributed by atoms with E-state index in [1.54, 1.807) is 0 Å². The molecule has 0 aliphatic heterocycles. The summed E-state index contributed by atoms with van der Waals surface area (Å²) in [6.45, 7) is 2.09. The predicted octanol–water partition coefficient (Wildman–Crippen LogP) is 3.18. The summed E-state index contributed by atoms with van der Waals surface area (Å²) >= 11 is 1.47. The van der Waals surface area contributed by atoms with E-state index in [1.807, 2.05) is 11.6 Å². The number of rotatable bonds is 1. The minimum absolute atomic E-state index is 0.608. The lowest BCUT2D eigenvalue weighted by atomic mass is 10.1. The van der Waals surface area contributed by atoms with E-state index < -0.39 is 0 Å². The first-order valence-corrected chi connectivity index (χ1v) is 5.91. The molecule has 3 nitrogen and oxygen atoms in total. The number of thiazole rings is 1. The Bertz CT molecular complexity index is 651. The zero-order chi connectivity index (χ0) is 11.1. The van der Waals surface area contributed by atoms with Gasteiger partial charge in [0.25, 0.3) is 0 Å². The average Bonchev–Trinajstić information content (AvgIpc) is 2.83. The molecule has 0 saturated carbocycles. The summed E-state index contributed by atoms with van der Waals surface area (Å²) in [6.07, 6.45) is 1.98. The molecule has 3 rings (SSSR count). The molecular formula is C12H11N3S. The second-order valence-corrected chi connectivity index (χ2v) is 4.71. The molecule has 0 fully saturated rings. The van der Waals surface area contributed by atoms with Crippen LogP contribution in [0.25, 0.3) is 22.2 Å². The van der Waals surface area contributed by atoms with Gasteiger partial charge in [-0.3, -0.25) is 0 Å². The topological polar surface area (TPSA) is 54.7 Å². The Balaban J connectivity index is 2.27. The van der Waals surface area contributed by atoms with E-state index >= 15 is 0 Å². The van der Waals surface area contributed by atoms with Crippen LogP contribution in [0.3, 0.4) is 0 Å². The molecule has 0 spiro atoms. The van der Waals surface area contributed by atoms with E-state index in [-0.39, 0.29) is 0 Å². The number of anilines is 1. The minimum atomic E-state index is 0.608. The maximum atomic E-state index is 5.66. The van der Waals surface area contributed by atoms with Gasteiger partial charge in [-0.1, -0.05) is 11.6 Å². The molecule has 2 aromatic heterocycles. The monoisotopic (exact) mass is 229 g/mol. The molecule has 3 aromatic rings. The summed E-state index contributed by atoms with van der Waals surface area (Å²) < 4.78 is 0. The van der Waals surface area contributed by atoms with Crippen molar-refractivity contribution >= 4 is 27.4 Å². The molecule has 80 valence electrons. The second kappa shape index (κ2) is 3.35. The Morgan fingerprint density at radius 1 is 1.38 bits per heavy atom. The number of fused-ring (bicyclic) bond motifs is 1. The molecule has 0 radical (unpaired) electrons. The van der Waals surface area contributed by atoms with E-state index in [0.29, 0.717) is 5.13 Å². The fourth-order valence-electron chi connectivity index (χ4n) is 1.86. The Kier molecular flexibility index (Phi) is 1.97. The Morgan fingerprint density at radius 3 is 3.00 bits per heavy atom. The highest BCUT2D eigenvalue weighted by Crippen LogP contribution is 2.30. The van der Waals surface area contributed by atoms with Gasteiger partial charge >= 0.3 is 0 Å². The van der Waals surface area contributed by atoms with Crippen molar-refractivity contribution in [1.29, 1.82) is 0 Å². The molecule has 0 bridgehead atoms. The normalized spacial score (nSPS) is 11.1. The maximum Gasteiger partial charge on any atom is 0.180 e. The molecule has 16 heavy (non-hydrogen) atoms. The third-order valence-electron chi connectivity index (χ3n) is 2.64. The predicted molar refractivity (Wildman–Crippen MR) is 68.6 cm³/mol. The van der Waals surface area contributed by atoms with Gasteiger partial charge in [-0.25, -0.2) is 4.98 Å². The Morgan fingerprint density at radius 2 is 2.25 bits per heavy atom. The van der Waals surface area contributed by atoms with Crippen molar-refractivity contribution in [3.05, 3.63) is 35.3 Å². The molecule has 0 atom stereocenters. The van der Waals surface area contributed by atoms with Gasteiger partial charge in [-0.2, -0.15) is 0 Å². The first-order chi connectivity index (χ1) is 7.74. The molecule has 3 N–H and O–H groups in total. The molecule has 0 aliphatic rings. The highest BCUT2D eigenvalue weighted by atomic mass is 32.1. The SMILES string of the molecule is Cc1ccc2[nH]cc(-c3csc(N)n3)c2c1. The molecule has 2 heterocycles. The van der Waals surface area contributed by atoms with E-state index in [1.165, 1.54) is 22.3 Å². The molecule has 1 aromatic carbocycles. The first kappa shape index (κ1) is 9.42. The highest BCUT2D eigenvalue weighted by molar-refractivity contribution is 7.13. The van der Waals surface area contributed by atoms with Crippen LogP contribution in [0.1, 0.15) is 5.56 Å². The average molecular weight is 229 g/mol. The van der Waals surface area contributed by atoms with Crippen LogP contribution in [-0.4, -0.2) is 9.97 Å². The van der Waals surface area contributed by atoms with E-state index in [2.05, 4.69) is 35.1 Å². The van der Waals surface area contributed by atoms with Gasteiger partial charge in [-0.05, 0) is 19.1 Å². The van der Waals surface area contributed by atoms with Crippen LogP contribution in [0, 0.1) is 6.92 Å². The van der Waals surface area contributed by atoms with Gasteiger partial charge in [0.15, 0.2) is 5.13 Å². The van der Waals surface area contributed by atoms with E-state index in [9.17, 15) is 0 Å². The van der Waals surface area contributed by atoms with Crippen LogP contribution < -0.4 is 5.73 Å². The summed E-state index contributed by atoms with van der Waals surface area (Å²) in [5.41, 5.74) is 10.1. The molecule has 0 unspecified atom stereocenters. The number of hydrogen-bond donors (Lipinski definition) is 2. The van der Waals surface area contributed by atoms with Crippen molar-refractivity contribution in [3.8, 4) is 11.3 Å². The van der Waals surface area contributed by atoms with Crippen LogP contribution in [-0.2, 0) is 0 Å². The van der Waals surface area contributed by atoms with Crippen LogP contribution >= 0.6 is 11.3 Å². The lowest BCUT2D eigenvalue weighted by Crippen LogP contribution is -1.82. The number of nitrogens with one attached hydrogen (secondary N) is 1. The third-order valence-corrected chi connectivity index (χ3v) is 3.31. The number of aromatic amines is 1. The third kappa shape index (κ3) is 1.39. The first-order valence-electron chi connectivity index (χ1n) is 5.03. The number of hydrogen-bond acceptors (Lipinski definition) is 3. The largest absolute Gasteiger partial charge is 0.375 e. The smallest absolute Gasteiger partial charge is 0.180 e. The number of benzene rings is 1. The van der Waals surface area contributed by atoms with Crippen LogP contribution in [0.15, 0.2) is 29.8 Å². The second-order valence-electron chi connectivity index (χ2n) is 3.82. The summed E-state index contributed by atoms with van der Waals surface area (Å²) in [5, 5.41) is 3.79. The Hall–Kier alpha value is -1.81. The van der Waals surface area contributed by atoms with Gasteiger partial charge in [0.05, 0.1) is 5.69 Å². The lowest BCUT2D eigenvalue weighted by Gasteiger charge is -1.96. The van der Waals surface area contributed by atoms with Crippen LogP contribution in [0.5, 0.6) is 0 Å². The summed E-state index contributed by atoms with van der Waals surface area (Å²) in [7, 11) is 0. The summed E-state index contributed by atoms with van der Waals surface area (Å²) in [6, 6.07) is 6.35. The number of nitrogens with zero attached hydrogens (tertiary/aromatic N) is 1. The molecule has 0 amide bonds. The van der Waals surface area contributed by atoms with E-state index in [0.717, 1.165) is 16.8 Å². The minimum Gasteiger partial charge on any atom is -0.375 e. The fourth-order valence-corrected chi connectivity index (χ4v) is 2.42. The van der Waals surface area contributed by atoms with E-state index in [4.69, 9.17) is 5.73 Å². The standard InChI is InChI=1S/C12H11N3S/c1-7-2-3-10-8(4-7)9(5-14-10)11-6-16-12(13)15-11/h2-6,14H,1H3,(H2,13,15). The van der Waals surface area contributed by atoms with Crippen molar-refractivity contribution in [1.82, 2.24) is 9.97 Å². The quantitative estimate of drug-likeness (QED) is 0.673. The van der Waals surface area contributed by atoms with Gasteiger partial charge in [0.1, 0.15) is 0 Å². The summed E-state index contributed by atoms with van der Waals surface area (Å²) in [4.78, 5) is 7.56. The molecule has 4 heteroatoms. The van der Waals surface area contributed by atoms with Crippen LogP contribution in [0.2, 0.25) is 0 Å². The number of nitrogen functional groups attached to an aromatic ring is 1. The van der Waals surface area contributed by atoms with Crippen molar-refractivity contribution in [2.75, 3.05) is 5.73 Å². The number of aryl methyl sites for hydroxylation is 1. The van der Waals surface area contributed by atoms with Crippen molar-refractivity contribution in [2.45, 2.75) is 6.92 Å².